The second-order valence-corrected chi connectivity index (χ2v) is 2.05. The Hall–Kier alpha value is -1.72. The lowest BCUT2D eigenvalue weighted by atomic mass is 10.2. The summed E-state index contributed by atoms with van der Waals surface area (Å²) in [4.78, 5) is 9.05. The van der Waals surface area contributed by atoms with Crippen LogP contribution < -0.4 is 5.73 Å². The highest BCUT2D eigenvalue weighted by molar-refractivity contribution is 5.59. The van der Waals surface area contributed by atoms with Gasteiger partial charge in [0, 0.05) is 0 Å². The fourth-order valence-electron chi connectivity index (χ4n) is 0.742. The van der Waals surface area contributed by atoms with E-state index >= 15 is 0 Å². The Morgan fingerprint density at radius 2 is 1.83 bits per heavy atom. The predicted octanol–water partition coefficient (Wildman–Crippen LogP) is 1.46. The molecule has 0 heterocycles. The highest BCUT2D eigenvalue weighted by Gasteiger charge is 2.21. The maximum Gasteiger partial charge on any atom is 0.330 e. The van der Waals surface area contributed by atoms with Crippen LogP contribution >= 0.6 is 0 Å². The van der Waals surface area contributed by atoms with Crippen molar-refractivity contribution in [2.45, 2.75) is 0 Å². The van der Waals surface area contributed by atoms with Crippen molar-refractivity contribution in [2.75, 3.05) is 5.73 Å². The van der Waals surface area contributed by atoms with Gasteiger partial charge in [0.05, 0.1) is 4.92 Å². The summed E-state index contributed by atoms with van der Waals surface area (Å²) in [6.45, 7) is 0. The van der Waals surface area contributed by atoms with Gasteiger partial charge in [0.2, 0.25) is 5.82 Å². The summed E-state index contributed by atoms with van der Waals surface area (Å²) in [5.41, 5.74) is 3.13. The number of hydrogen-bond acceptors (Lipinski definition) is 3. The monoisotopic (exact) mass is 174 g/mol. The van der Waals surface area contributed by atoms with Crippen molar-refractivity contribution in [1.82, 2.24) is 0 Å². The summed E-state index contributed by atoms with van der Waals surface area (Å²) in [5.74, 6) is -2.14. The molecular formula is C6H4F2N2O2. The third kappa shape index (κ3) is 1.18. The number of hydrogen-bond donors (Lipinski definition) is 1. The molecule has 0 fully saturated rings. The molecule has 1 aromatic carbocycles. The number of halogens is 2. The molecule has 4 nitrogen and oxygen atoms in total. The van der Waals surface area contributed by atoms with E-state index in [1.165, 1.54) is 0 Å². The average molecular weight is 174 g/mol. The standard InChI is InChI=1S/C6H4F2N2O2/c7-3-1-2-4(8)6(5(3)9)10(11)12/h1-2H,9H2. The number of nitrogen functional groups attached to an aromatic ring is 1. The molecule has 2 N–H and O–H groups in total. The normalized spacial score (nSPS) is 9.83. The van der Waals surface area contributed by atoms with Crippen LogP contribution in [0, 0.1) is 21.7 Å². The predicted molar refractivity (Wildman–Crippen MR) is 37.4 cm³/mol. The molecule has 0 aromatic heterocycles. The molecule has 0 amide bonds. The zero-order valence-electron chi connectivity index (χ0n) is 5.75. The van der Waals surface area contributed by atoms with Gasteiger partial charge in [-0.15, -0.1) is 0 Å². The summed E-state index contributed by atoms with van der Waals surface area (Å²) < 4.78 is 25.1. The van der Waals surface area contributed by atoms with Gasteiger partial charge in [-0.1, -0.05) is 0 Å². The fraction of sp³-hybridized carbons (Fsp3) is 0. The molecule has 0 saturated heterocycles. The number of nitro groups is 1. The van der Waals surface area contributed by atoms with Gasteiger partial charge in [0.1, 0.15) is 5.69 Å². The molecule has 0 spiro atoms. The smallest absolute Gasteiger partial charge is 0.330 e. The van der Waals surface area contributed by atoms with Crippen LogP contribution in [-0.2, 0) is 0 Å². The van der Waals surface area contributed by atoms with Crippen molar-refractivity contribution in [2.24, 2.45) is 0 Å². The molecule has 0 aliphatic carbocycles. The minimum absolute atomic E-state index is 0.657. The van der Waals surface area contributed by atoms with Crippen LogP contribution in [0.2, 0.25) is 0 Å². The van der Waals surface area contributed by atoms with Gasteiger partial charge >= 0.3 is 5.69 Å². The summed E-state index contributed by atoms with van der Waals surface area (Å²) in [7, 11) is 0. The molecule has 1 aromatic rings. The molecular weight excluding hydrogens is 170 g/mol. The second kappa shape index (κ2) is 2.72. The lowest BCUT2D eigenvalue weighted by molar-refractivity contribution is -0.386. The molecule has 0 aliphatic rings. The van der Waals surface area contributed by atoms with E-state index in [9.17, 15) is 18.9 Å². The molecule has 1 rings (SSSR count). The molecule has 0 radical (unpaired) electrons. The first-order chi connectivity index (χ1) is 5.54. The fourth-order valence-corrected chi connectivity index (χ4v) is 0.742. The van der Waals surface area contributed by atoms with Crippen molar-refractivity contribution in [3.05, 3.63) is 33.9 Å². The Bertz CT molecular complexity index is 341. The van der Waals surface area contributed by atoms with E-state index in [-0.39, 0.29) is 0 Å². The average Bonchev–Trinajstić information content (AvgIpc) is 1.97. The van der Waals surface area contributed by atoms with Gasteiger partial charge in [-0.25, -0.2) is 4.39 Å². The number of benzene rings is 1. The first-order valence-electron chi connectivity index (χ1n) is 2.92. The molecule has 6 heteroatoms. The lowest BCUT2D eigenvalue weighted by Gasteiger charge is -1.98. The Morgan fingerprint density at radius 3 is 2.25 bits per heavy atom. The van der Waals surface area contributed by atoms with Gasteiger partial charge in [0.25, 0.3) is 0 Å². The Balaban J connectivity index is 3.43. The highest BCUT2D eigenvalue weighted by atomic mass is 19.1. The van der Waals surface area contributed by atoms with Gasteiger partial charge in [0.15, 0.2) is 5.82 Å². The van der Waals surface area contributed by atoms with Gasteiger partial charge in [-0.2, -0.15) is 4.39 Å². The van der Waals surface area contributed by atoms with Crippen molar-refractivity contribution in [3.63, 3.8) is 0 Å². The van der Waals surface area contributed by atoms with Crippen LogP contribution in [-0.4, -0.2) is 4.92 Å². The maximum absolute atomic E-state index is 12.6. The minimum atomic E-state index is -1.14. The van der Waals surface area contributed by atoms with Crippen molar-refractivity contribution >= 4 is 11.4 Å². The third-order valence-electron chi connectivity index (χ3n) is 1.30. The molecule has 0 atom stereocenters. The molecule has 0 saturated carbocycles. The van der Waals surface area contributed by atoms with Crippen LogP contribution in [0.5, 0.6) is 0 Å². The first kappa shape index (κ1) is 8.38. The summed E-state index contributed by atoms with van der Waals surface area (Å²) in [5, 5.41) is 10.1. The third-order valence-corrected chi connectivity index (χ3v) is 1.30. The second-order valence-electron chi connectivity index (χ2n) is 2.05. The zero-order valence-corrected chi connectivity index (χ0v) is 5.75. The topological polar surface area (TPSA) is 69.2 Å². The molecule has 64 valence electrons. The molecule has 0 unspecified atom stereocenters. The zero-order chi connectivity index (χ0) is 9.30. The largest absolute Gasteiger partial charge is 0.391 e. The quantitative estimate of drug-likeness (QED) is 0.398. The summed E-state index contributed by atoms with van der Waals surface area (Å²) in [6.07, 6.45) is 0. The summed E-state index contributed by atoms with van der Waals surface area (Å²) >= 11 is 0. The van der Waals surface area contributed by atoms with Gasteiger partial charge < -0.3 is 5.73 Å². The Morgan fingerprint density at radius 1 is 1.33 bits per heavy atom. The highest BCUT2D eigenvalue weighted by Crippen LogP contribution is 2.26. The van der Waals surface area contributed by atoms with Crippen molar-refractivity contribution < 1.29 is 13.7 Å². The van der Waals surface area contributed by atoms with E-state index in [1.54, 1.807) is 0 Å². The first-order valence-corrected chi connectivity index (χ1v) is 2.92. The van der Waals surface area contributed by atoms with E-state index in [0.717, 1.165) is 6.07 Å². The van der Waals surface area contributed by atoms with E-state index in [4.69, 9.17) is 5.73 Å². The van der Waals surface area contributed by atoms with E-state index < -0.39 is 27.9 Å². The Labute approximate surface area is 65.8 Å². The molecule has 0 aliphatic heterocycles. The number of rotatable bonds is 1. The van der Waals surface area contributed by atoms with E-state index in [1.807, 2.05) is 0 Å². The molecule has 0 bridgehead atoms. The maximum atomic E-state index is 12.6. The number of nitrogens with two attached hydrogens (primary N) is 1. The van der Waals surface area contributed by atoms with Crippen LogP contribution in [0.1, 0.15) is 0 Å². The number of anilines is 1. The van der Waals surface area contributed by atoms with Crippen molar-refractivity contribution in [1.29, 1.82) is 0 Å². The lowest BCUT2D eigenvalue weighted by Crippen LogP contribution is -2.01. The number of nitro benzene ring substituents is 1. The van der Waals surface area contributed by atoms with Crippen LogP contribution in [0.4, 0.5) is 20.2 Å². The summed E-state index contributed by atoms with van der Waals surface area (Å²) in [6, 6.07) is 1.39. The van der Waals surface area contributed by atoms with E-state index in [2.05, 4.69) is 0 Å². The van der Waals surface area contributed by atoms with Crippen LogP contribution in [0.25, 0.3) is 0 Å². The minimum Gasteiger partial charge on any atom is -0.391 e. The van der Waals surface area contributed by atoms with E-state index in [0.29, 0.717) is 6.07 Å². The molecule has 12 heavy (non-hydrogen) atoms. The van der Waals surface area contributed by atoms with Gasteiger partial charge in [-0.3, -0.25) is 10.1 Å². The SMILES string of the molecule is Nc1c(F)ccc(F)c1[N+](=O)[O-]. The van der Waals surface area contributed by atoms with Crippen LogP contribution in [0.3, 0.4) is 0 Å². The number of nitrogens with zero attached hydrogens (tertiary/aromatic N) is 1. The Kier molecular flexibility index (Phi) is 1.90. The van der Waals surface area contributed by atoms with Gasteiger partial charge in [-0.05, 0) is 12.1 Å². The van der Waals surface area contributed by atoms with Crippen molar-refractivity contribution in [3.8, 4) is 0 Å². The van der Waals surface area contributed by atoms with Crippen LogP contribution in [0.15, 0.2) is 12.1 Å².